The molecule has 0 aromatic rings. The first kappa shape index (κ1) is 64.4. The summed E-state index contributed by atoms with van der Waals surface area (Å²) in [5.41, 5.74) is 0. The summed E-state index contributed by atoms with van der Waals surface area (Å²) in [6.45, 7) is 4.40. The van der Waals surface area contributed by atoms with E-state index in [2.05, 4.69) is 18.0 Å². The van der Waals surface area contributed by atoms with Crippen LogP contribution in [0, 0.1) is 5.92 Å². The van der Waals surface area contributed by atoms with Crippen LogP contribution in [0.4, 0.5) is 0 Å². The molecule has 0 amide bonds. The second kappa shape index (κ2) is 36.3. The maximum atomic E-state index is 11.9. The molecule has 0 aromatic heterocycles. The van der Waals surface area contributed by atoms with Crippen LogP contribution in [0.5, 0.6) is 0 Å². The molecule has 3 aliphatic heterocycles. The summed E-state index contributed by atoms with van der Waals surface area (Å²) in [6.07, 6.45) is 6.02. The molecule has 20 heteroatoms. The van der Waals surface area contributed by atoms with Gasteiger partial charge in [-0.1, -0.05) is 168 Å². The van der Waals surface area contributed by atoms with Crippen LogP contribution in [0.3, 0.4) is 0 Å². The molecule has 3 aliphatic rings. The quantitative estimate of drug-likeness (QED) is 0.0231. The number of hydrogen-bond donors (Lipinski definition) is 9. The maximum Gasteiger partial charge on any atom is 0.397 e. The minimum absolute atomic E-state index is 0. The average molecular weight is 1010 g/mol. The van der Waals surface area contributed by atoms with Crippen molar-refractivity contribution in [2.24, 2.45) is 5.92 Å². The zero-order valence-electron chi connectivity index (χ0n) is 41.9. The van der Waals surface area contributed by atoms with Gasteiger partial charge < -0.3 is 69.3 Å². The van der Waals surface area contributed by atoms with Crippen molar-refractivity contribution in [1.82, 2.24) is 0 Å². The van der Waals surface area contributed by atoms with Gasteiger partial charge in [-0.15, -0.1) is 0 Å². The van der Waals surface area contributed by atoms with Gasteiger partial charge in [0.1, 0.15) is 67.1 Å². The summed E-state index contributed by atoms with van der Waals surface area (Å²) in [7, 11) is -5.26. The molecular formula is C48H92NaO18S. The van der Waals surface area contributed by atoms with E-state index in [1.807, 2.05) is 0 Å². The van der Waals surface area contributed by atoms with Gasteiger partial charge in [-0.2, -0.15) is 8.42 Å². The van der Waals surface area contributed by atoms with Gasteiger partial charge in [0.05, 0.1) is 25.9 Å². The standard InChI is InChI=1S/C48H92O18S.Na/c1-4-6-8-10-12-14-16-18-20-22-24-26-28-34(29-27-25-23-21-19-17-15-13-11-9-7-5-2)32-60-46-42(56)45(65-47-40(54)39(53)37(51)33(3)61-47)43(36(31-50)63-46)64-48-41(55)44(66-67(57,58)59)38(52)35(30-49)62-48;/h33-56H,4-32H2,1-3H3,(H,57,58,59);/t33-,35+,36+,37+,38-,39+,40-,41+,42+,43+,44-,45+,46+,47-,48-;/m0./s1. The second-order valence-corrected chi connectivity index (χ2v) is 20.4. The van der Waals surface area contributed by atoms with E-state index in [9.17, 15) is 53.8 Å². The van der Waals surface area contributed by atoms with Gasteiger partial charge in [-0.3, -0.25) is 4.55 Å². The molecule has 3 fully saturated rings. The molecule has 1 radical (unpaired) electrons. The summed E-state index contributed by atoms with van der Waals surface area (Å²) in [5, 5.41) is 86.0. The Balaban J connectivity index is 0.0000159. The van der Waals surface area contributed by atoms with Crippen molar-refractivity contribution in [3.63, 3.8) is 0 Å². The van der Waals surface area contributed by atoms with Crippen LogP contribution in [-0.2, 0) is 43.0 Å². The molecule has 0 aromatic carbocycles. The number of ether oxygens (including phenoxy) is 6. The van der Waals surface area contributed by atoms with E-state index in [1.165, 1.54) is 122 Å². The van der Waals surface area contributed by atoms with Gasteiger partial charge in [0, 0.05) is 29.6 Å². The summed E-state index contributed by atoms with van der Waals surface area (Å²) in [4.78, 5) is 0. The van der Waals surface area contributed by atoms with E-state index in [4.69, 9.17) is 28.4 Å². The summed E-state index contributed by atoms with van der Waals surface area (Å²) in [6, 6.07) is 0. The molecule has 68 heavy (non-hydrogen) atoms. The van der Waals surface area contributed by atoms with Crippen molar-refractivity contribution < 1.29 is 86.4 Å². The van der Waals surface area contributed by atoms with Crippen molar-refractivity contribution in [3.05, 3.63) is 0 Å². The van der Waals surface area contributed by atoms with E-state index in [0.717, 1.165) is 51.4 Å². The third kappa shape index (κ3) is 23.2. The fourth-order valence-electron chi connectivity index (χ4n) is 9.44. The number of aliphatic hydroxyl groups is 8. The molecule has 399 valence electrons. The molecule has 18 nitrogen and oxygen atoms in total. The van der Waals surface area contributed by atoms with E-state index < -0.39 is 116 Å². The molecule has 3 saturated heterocycles. The van der Waals surface area contributed by atoms with Crippen LogP contribution in [0.2, 0.25) is 0 Å². The number of hydrogen-bond acceptors (Lipinski definition) is 17. The zero-order chi connectivity index (χ0) is 49.2. The Hall–Kier alpha value is 0.310. The third-order valence-corrected chi connectivity index (χ3v) is 14.1. The van der Waals surface area contributed by atoms with Crippen LogP contribution in [0.15, 0.2) is 0 Å². The van der Waals surface area contributed by atoms with Crippen LogP contribution in [-0.4, -0.2) is 195 Å². The average Bonchev–Trinajstić information content (AvgIpc) is 3.30. The van der Waals surface area contributed by atoms with Crippen LogP contribution in [0.1, 0.15) is 188 Å². The first-order valence-electron chi connectivity index (χ1n) is 26.0. The topological polar surface area (TPSA) is 281 Å². The van der Waals surface area contributed by atoms with Crippen LogP contribution in [0.25, 0.3) is 0 Å². The summed E-state index contributed by atoms with van der Waals surface area (Å²) in [5.74, 6) is 0.122. The first-order valence-corrected chi connectivity index (χ1v) is 27.4. The fourth-order valence-corrected chi connectivity index (χ4v) is 9.95. The molecule has 0 saturated carbocycles. The van der Waals surface area contributed by atoms with E-state index in [-0.39, 0.29) is 42.1 Å². The Kier molecular flexibility index (Phi) is 34.4. The molecule has 3 rings (SSSR count). The monoisotopic (exact) mass is 1010 g/mol. The summed E-state index contributed by atoms with van der Waals surface area (Å²) >= 11 is 0. The normalized spacial score (nSPS) is 32.4. The zero-order valence-corrected chi connectivity index (χ0v) is 44.7. The first-order chi connectivity index (χ1) is 32.2. The number of aliphatic hydroxyl groups excluding tert-OH is 8. The number of rotatable bonds is 37. The predicted molar refractivity (Wildman–Crippen MR) is 255 cm³/mol. The van der Waals surface area contributed by atoms with Crippen LogP contribution < -0.4 is 0 Å². The fraction of sp³-hybridized carbons (Fsp3) is 1.00. The third-order valence-electron chi connectivity index (χ3n) is 13.7. The Labute approximate surface area is 429 Å². The van der Waals surface area contributed by atoms with Crippen molar-refractivity contribution in [1.29, 1.82) is 0 Å². The van der Waals surface area contributed by atoms with Crippen molar-refractivity contribution in [3.8, 4) is 0 Å². The molecular weight excluding hydrogens is 920 g/mol. The Morgan fingerprint density at radius 1 is 0.471 bits per heavy atom. The molecule has 3 heterocycles. The van der Waals surface area contributed by atoms with E-state index >= 15 is 0 Å². The van der Waals surface area contributed by atoms with Gasteiger partial charge in [0.2, 0.25) is 0 Å². The molecule has 0 aliphatic carbocycles. The van der Waals surface area contributed by atoms with Crippen molar-refractivity contribution in [2.75, 3.05) is 19.8 Å². The van der Waals surface area contributed by atoms with Crippen molar-refractivity contribution in [2.45, 2.75) is 280 Å². The summed E-state index contributed by atoms with van der Waals surface area (Å²) < 4.78 is 72.9. The minimum Gasteiger partial charge on any atom is -0.394 e. The SMILES string of the molecule is CCCCCCCCCCCCCCC(CCCCCCCCCCCCCC)CO[C@@H]1O[C@H](CO)[C@@H](O[C@@H]2O[C@H](CO)[C@H](O)[C@H](OS(=O)(=O)O)[C@H]2O)[C@H](O[C@@H]2O[C@@H](C)[C@@H](O)[C@@H](O)[C@@H]2O)[C@H]1O.[Na]. The smallest absolute Gasteiger partial charge is 0.394 e. The largest absolute Gasteiger partial charge is 0.397 e. The Bertz CT molecular complexity index is 1330. The number of unbranched alkanes of at least 4 members (excludes halogenated alkanes) is 22. The van der Waals surface area contributed by atoms with Crippen LogP contribution >= 0.6 is 0 Å². The Morgan fingerprint density at radius 3 is 1.31 bits per heavy atom. The van der Waals surface area contributed by atoms with Crippen molar-refractivity contribution >= 4 is 40.0 Å². The minimum atomic E-state index is -5.26. The van der Waals surface area contributed by atoms with Gasteiger partial charge in [0.15, 0.2) is 18.9 Å². The van der Waals surface area contributed by atoms with Gasteiger partial charge in [-0.25, -0.2) is 4.18 Å². The second-order valence-electron chi connectivity index (χ2n) is 19.3. The van der Waals surface area contributed by atoms with Gasteiger partial charge in [0.25, 0.3) is 0 Å². The molecule has 0 spiro atoms. The maximum absolute atomic E-state index is 11.9. The molecule has 0 unspecified atom stereocenters. The predicted octanol–water partition coefficient (Wildman–Crippen LogP) is 4.72. The van der Waals surface area contributed by atoms with Gasteiger partial charge >= 0.3 is 10.4 Å². The van der Waals surface area contributed by atoms with Gasteiger partial charge in [-0.05, 0) is 25.7 Å². The molecule has 0 bridgehead atoms. The molecule has 15 atom stereocenters. The van der Waals surface area contributed by atoms with E-state index in [1.54, 1.807) is 0 Å². The van der Waals surface area contributed by atoms with E-state index in [0.29, 0.717) is 0 Å². The molecule has 9 N–H and O–H groups in total. The Morgan fingerprint density at radius 2 is 0.868 bits per heavy atom.